The number of non-ortho nitro benzene ring substituents is 1. The van der Waals surface area contributed by atoms with E-state index in [4.69, 9.17) is 9.47 Å². The summed E-state index contributed by atoms with van der Waals surface area (Å²) in [5.74, 6) is -1.19. The smallest absolute Gasteiger partial charge is 0.410 e. The van der Waals surface area contributed by atoms with E-state index in [2.05, 4.69) is 10.4 Å². The van der Waals surface area contributed by atoms with Crippen molar-refractivity contribution in [2.45, 2.75) is 52.1 Å². The van der Waals surface area contributed by atoms with Gasteiger partial charge in [0.1, 0.15) is 5.60 Å². The lowest BCUT2D eigenvalue weighted by molar-refractivity contribution is -0.384. The van der Waals surface area contributed by atoms with Gasteiger partial charge in [-0.25, -0.2) is 14.3 Å². The number of hydrogen-bond acceptors (Lipinski definition) is 8. The van der Waals surface area contributed by atoms with Gasteiger partial charge in [0.25, 0.3) is 11.6 Å². The van der Waals surface area contributed by atoms with Crippen LogP contribution in [-0.2, 0) is 9.47 Å². The van der Waals surface area contributed by atoms with Crippen molar-refractivity contribution in [3.8, 4) is 5.69 Å². The fourth-order valence-corrected chi connectivity index (χ4v) is 4.68. The number of carbonyl (C=O) groups is 3. The van der Waals surface area contributed by atoms with Crippen molar-refractivity contribution in [1.82, 2.24) is 14.7 Å². The number of nitrogens with one attached hydrogen (secondary N) is 1. The van der Waals surface area contributed by atoms with Gasteiger partial charge in [-0.05, 0) is 64.8 Å². The summed E-state index contributed by atoms with van der Waals surface area (Å²) in [5.41, 5.74) is 1.27. The first-order valence-corrected chi connectivity index (χ1v) is 13.4. The first-order valence-electron chi connectivity index (χ1n) is 13.4. The summed E-state index contributed by atoms with van der Waals surface area (Å²) in [5, 5.41) is 18.5. The molecule has 0 radical (unpaired) electrons. The molecule has 3 aromatic rings. The zero-order valence-corrected chi connectivity index (χ0v) is 23.5. The lowest BCUT2D eigenvalue weighted by atomic mass is 9.90. The third-order valence-corrected chi connectivity index (χ3v) is 6.56. The summed E-state index contributed by atoms with van der Waals surface area (Å²) < 4.78 is 12.2. The molecule has 0 atom stereocenters. The highest BCUT2D eigenvalue weighted by atomic mass is 16.6. The molecule has 12 heteroatoms. The normalized spacial score (nSPS) is 13.9. The minimum absolute atomic E-state index is 0.0679. The summed E-state index contributed by atoms with van der Waals surface area (Å²) in [4.78, 5) is 51.0. The van der Waals surface area contributed by atoms with Crippen LogP contribution in [0, 0.1) is 10.1 Å². The minimum atomic E-state index is -0.617. The third kappa shape index (κ3) is 6.89. The molecule has 2 heterocycles. The number of nitro groups is 1. The maximum absolute atomic E-state index is 13.6. The summed E-state index contributed by atoms with van der Waals surface area (Å²) >= 11 is 0. The maximum Gasteiger partial charge on any atom is 0.410 e. The number of hydrogen-bond donors (Lipinski definition) is 1. The summed E-state index contributed by atoms with van der Waals surface area (Å²) in [6.45, 7) is 8.15. The van der Waals surface area contributed by atoms with Gasteiger partial charge in [-0.15, -0.1) is 0 Å². The van der Waals surface area contributed by atoms with Crippen molar-refractivity contribution >= 4 is 29.3 Å². The van der Waals surface area contributed by atoms with E-state index in [0.717, 1.165) is 0 Å². The average Bonchev–Trinajstić information content (AvgIpc) is 3.38. The van der Waals surface area contributed by atoms with E-state index in [1.807, 2.05) is 20.8 Å². The lowest BCUT2D eigenvalue weighted by Gasteiger charge is -2.34. The molecule has 4 rings (SSSR count). The standard InChI is InChI=1S/C29H33N5O7/c1-5-40-27(36)22-8-6-7-9-24(22)31-26(35)23-18-30-33(20-10-12-21(13-11-20)34(38)39)25(23)19-14-16-32(17-15-19)28(37)41-29(2,3)4/h6-13,18-19H,5,14-17H2,1-4H3,(H,31,35). The molecule has 2 aromatic carbocycles. The van der Waals surface area contributed by atoms with Crippen LogP contribution in [0.15, 0.2) is 54.7 Å². The number of rotatable bonds is 7. The zero-order valence-electron chi connectivity index (χ0n) is 23.5. The molecule has 1 aliphatic rings. The molecule has 1 N–H and O–H groups in total. The molecule has 1 aromatic heterocycles. The van der Waals surface area contributed by atoms with E-state index in [1.54, 1.807) is 52.9 Å². The van der Waals surface area contributed by atoms with Crippen LogP contribution in [0.2, 0.25) is 0 Å². The van der Waals surface area contributed by atoms with Gasteiger partial charge in [0.15, 0.2) is 0 Å². The van der Waals surface area contributed by atoms with Gasteiger partial charge in [0, 0.05) is 31.1 Å². The Balaban J connectivity index is 1.66. The van der Waals surface area contributed by atoms with E-state index in [0.29, 0.717) is 43.0 Å². The van der Waals surface area contributed by atoms with Gasteiger partial charge in [0.05, 0.1) is 45.9 Å². The van der Waals surface area contributed by atoms with Crippen LogP contribution in [0.3, 0.4) is 0 Å². The second kappa shape index (κ2) is 12.2. The lowest BCUT2D eigenvalue weighted by Crippen LogP contribution is -2.41. The van der Waals surface area contributed by atoms with E-state index in [-0.39, 0.29) is 29.3 Å². The van der Waals surface area contributed by atoms with Crippen LogP contribution >= 0.6 is 0 Å². The number of esters is 1. The monoisotopic (exact) mass is 563 g/mol. The molecule has 0 spiro atoms. The van der Waals surface area contributed by atoms with E-state index < -0.39 is 28.5 Å². The number of likely N-dealkylation sites (tertiary alicyclic amines) is 1. The van der Waals surface area contributed by atoms with E-state index >= 15 is 0 Å². The molecule has 0 unspecified atom stereocenters. The molecule has 1 fully saturated rings. The van der Waals surface area contributed by atoms with Gasteiger partial charge in [-0.1, -0.05) is 12.1 Å². The van der Waals surface area contributed by atoms with Crippen LogP contribution in [0.5, 0.6) is 0 Å². The van der Waals surface area contributed by atoms with Crippen molar-refractivity contribution in [1.29, 1.82) is 0 Å². The maximum atomic E-state index is 13.6. The Labute approximate surface area is 237 Å². The fraction of sp³-hybridized carbons (Fsp3) is 0.379. The second-order valence-electron chi connectivity index (χ2n) is 10.6. The van der Waals surface area contributed by atoms with Crippen LogP contribution in [0.4, 0.5) is 16.2 Å². The summed E-state index contributed by atoms with van der Waals surface area (Å²) in [6, 6.07) is 12.5. The van der Waals surface area contributed by atoms with Gasteiger partial charge in [-0.2, -0.15) is 5.10 Å². The Hall–Kier alpha value is -4.74. The van der Waals surface area contributed by atoms with Crippen LogP contribution in [0.1, 0.15) is 72.9 Å². The molecule has 2 amide bonds. The third-order valence-electron chi connectivity index (χ3n) is 6.56. The number of piperidine rings is 1. The number of benzene rings is 2. The summed E-state index contributed by atoms with van der Waals surface area (Å²) in [6.07, 6.45) is 2.13. The first-order chi connectivity index (χ1) is 19.5. The Kier molecular flexibility index (Phi) is 8.70. The van der Waals surface area contributed by atoms with Crippen molar-refractivity contribution in [2.24, 2.45) is 0 Å². The van der Waals surface area contributed by atoms with Crippen LogP contribution in [0.25, 0.3) is 5.69 Å². The molecule has 216 valence electrons. The molecule has 1 aliphatic heterocycles. The average molecular weight is 564 g/mol. The second-order valence-corrected chi connectivity index (χ2v) is 10.6. The van der Waals surface area contributed by atoms with Crippen LogP contribution < -0.4 is 5.32 Å². The van der Waals surface area contributed by atoms with Crippen LogP contribution in [-0.4, -0.2) is 62.9 Å². The molecule has 1 saturated heterocycles. The highest BCUT2D eigenvalue weighted by Crippen LogP contribution is 2.33. The number of nitro benzene ring substituents is 1. The van der Waals surface area contributed by atoms with Crippen molar-refractivity contribution < 1.29 is 28.8 Å². The fourth-order valence-electron chi connectivity index (χ4n) is 4.68. The molecule has 0 saturated carbocycles. The Morgan fingerprint density at radius 2 is 1.71 bits per heavy atom. The number of amides is 2. The van der Waals surface area contributed by atoms with Gasteiger partial charge in [-0.3, -0.25) is 14.9 Å². The number of ether oxygens (including phenoxy) is 2. The predicted octanol–water partition coefficient (Wildman–Crippen LogP) is 5.32. The molecule has 41 heavy (non-hydrogen) atoms. The van der Waals surface area contributed by atoms with Gasteiger partial charge in [0.2, 0.25) is 0 Å². The van der Waals surface area contributed by atoms with E-state index in [9.17, 15) is 24.5 Å². The van der Waals surface area contributed by atoms with Gasteiger partial charge >= 0.3 is 12.1 Å². The highest BCUT2D eigenvalue weighted by Gasteiger charge is 2.32. The topological polar surface area (TPSA) is 146 Å². The molecule has 12 nitrogen and oxygen atoms in total. The Bertz CT molecular complexity index is 1430. The quantitative estimate of drug-likeness (QED) is 0.231. The molecule has 0 aliphatic carbocycles. The number of carbonyl (C=O) groups excluding carboxylic acids is 3. The zero-order chi connectivity index (χ0) is 29.7. The number of para-hydroxylation sites is 1. The molecular weight excluding hydrogens is 530 g/mol. The molecular formula is C29H33N5O7. The SMILES string of the molecule is CCOC(=O)c1ccccc1NC(=O)c1cnn(-c2ccc([N+](=O)[O-])cc2)c1C1CCN(C(=O)OC(C)(C)C)CC1. The number of aromatic nitrogens is 2. The minimum Gasteiger partial charge on any atom is -0.462 e. The van der Waals surface area contributed by atoms with E-state index in [1.165, 1.54) is 18.3 Å². The van der Waals surface area contributed by atoms with Crippen molar-refractivity contribution in [3.05, 3.63) is 81.7 Å². The number of anilines is 1. The van der Waals surface area contributed by atoms with Crippen molar-refractivity contribution in [2.75, 3.05) is 25.0 Å². The number of nitrogens with zero attached hydrogens (tertiary/aromatic N) is 4. The van der Waals surface area contributed by atoms with Gasteiger partial charge < -0.3 is 19.7 Å². The molecule has 0 bridgehead atoms. The highest BCUT2D eigenvalue weighted by molar-refractivity contribution is 6.08. The predicted molar refractivity (Wildman–Crippen MR) is 150 cm³/mol. The first kappa shape index (κ1) is 29.2. The van der Waals surface area contributed by atoms with Crippen molar-refractivity contribution in [3.63, 3.8) is 0 Å². The summed E-state index contributed by atoms with van der Waals surface area (Å²) in [7, 11) is 0. The Morgan fingerprint density at radius 1 is 1.05 bits per heavy atom. The largest absolute Gasteiger partial charge is 0.462 e. The Morgan fingerprint density at radius 3 is 2.32 bits per heavy atom.